The molecule has 0 saturated carbocycles. The van der Waals surface area contributed by atoms with Crippen molar-refractivity contribution in [1.29, 1.82) is 0 Å². The number of nitrogens with zero attached hydrogens (tertiary/aromatic N) is 1. The van der Waals surface area contributed by atoms with E-state index < -0.39 is 11.4 Å². The Kier molecular flexibility index (Phi) is 4.52. The van der Waals surface area contributed by atoms with Crippen molar-refractivity contribution in [3.05, 3.63) is 0 Å². The first kappa shape index (κ1) is 15.1. The number of carbonyl (C=O) groups excluding carboxylic acids is 1. The quantitative estimate of drug-likeness (QED) is 0.719. The Morgan fingerprint density at radius 2 is 2.00 bits per heavy atom. The van der Waals surface area contributed by atoms with Crippen molar-refractivity contribution in [2.45, 2.75) is 51.6 Å². The van der Waals surface area contributed by atoms with E-state index in [0.29, 0.717) is 6.04 Å². The number of urea groups is 1. The molecule has 114 valence electrons. The average Bonchev–Trinajstić information content (AvgIpc) is 2.80. The van der Waals surface area contributed by atoms with Crippen LogP contribution in [0.15, 0.2) is 0 Å². The van der Waals surface area contributed by atoms with E-state index in [0.717, 1.165) is 25.9 Å². The highest BCUT2D eigenvalue weighted by atomic mass is 16.4. The molecule has 0 spiro atoms. The molecule has 6 heteroatoms. The second kappa shape index (κ2) is 5.99. The summed E-state index contributed by atoms with van der Waals surface area (Å²) in [6.07, 6.45) is 4.61. The summed E-state index contributed by atoms with van der Waals surface area (Å²) in [7, 11) is 0. The van der Waals surface area contributed by atoms with Crippen LogP contribution in [0.4, 0.5) is 4.79 Å². The maximum atomic E-state index is 11.9. The number of amides is 2. The van der Waals surface area contributed by atoms with Gasteiger partial charge in [0, 0.05) is 25.2 Å². The zero-order valence-corrected chi connectivity index (χ0v) is 12.3. The van der Waals surface area contributed by atoms with Crippen LogP contribution in [0.25, 0.3) is 0 Å². The molecule has 2 fully saturated rings. The van der Waals surface area contributed by atoms with Crippen LogP contribution in [0, 0.1) is 5.41 Å². The number of aliphatic carboxylic acids is 1. The van der Waals surface area contributed by atoms with Gasteiger partial charge in [0.1, 0.15) is 0 Å². The van der Waals surface area contributed by atoms with Crippen LogP contribution in [-0.2, 0) is 4.79 Å². The molecular formula is C14H25N3O3. The first-order chi connectivity index (χ1) is 9.40. The fourth-order valence-electron chi connectivity index (χ4n) is 3.01. The maximum absolute atomic E-state index is 11.9. The van der Waals surface area contributed by atoms with Gasteiger partial charge >= 0.3 is 12.0 Å². The van der Waals surface area contributed by atoms with Gasteiger partial charge in [0.2, 0.25) is 0 Å². The van der Waals surface area contributed by atoms with Crippen molar-refractivity contribution in [3.8, 4) is 0 Å². The molecule has 2 saturated heterocycles. The summed E-state index contributed by atoms with van der Waals surface area (Å²) in [6, 6.07) is 0.405. The number of carboxylic acid groups (broad SMARTS) is 1. The van der Waals surface area contributed by atoms with Crippen LogP contribution >= 0.6 is 0 Å². The third kappa shape index (κ3) is 3.42. The Morgan fingerprint density at radius 3 is 2.70 bits per heavy atom. The largest absolute Gasteiger partial charge is 0.481 e. The Labute approximate surface area is 119 Å². The lowest BCUT2D eigenvalue weighted by molar-refractivity contribution is -0.146. The normalized spacial score (nSPS) is 26.9. The van der Waals surface area contributed by atoms with Crippen molar-refractivity contribution in [3.63, 3.8) is 0 Å². The molecule has 2 rings (SSSR count). The molecular weight excluding hydrogens is 258 g/mol. The van der Waals surface area contributed by atoms with E-state index in [4.69, 9.17) is 5.11 Å². The maximum Gasteiger partial charge on any atom is 0.315 e. The van der Waals surface area contributed by atoms with Gasteiger partial charge in [-0.15, -0.1) is 0 Å². The zero-order chi connectivity index (χ0) is 14.8. The number of nitrogens with one attached hydrogen (secondary N) is 2. The lowest BCUT2D eigenvalue weighted by Gasteiger charge is -2.32. The van der Waals surface area contributed by atoms with Gasteiger partial charge in [0.15, 0.2) is 0 Å². The Bertz CT molecular complexity index is 384. The van der Waals surface area contributed by atoms with E-state index in [1.54, 1.807) is 13.8 Å². The van der Waals surface area contributed by atoms with Crippen molar-refractivity contribution >= 4 is 12.0 Å². The fraction of sp³-hybridized carbons (Fsp3) is 0.857. The Hall–Kier alpha value is -1.30. The number of carboxylic acids is 1. The van der Waals surface area contributed by atoms with Crippen molar-refractivity contribution in [2.75, 3.05) is 19.6 Å². The fourth-order valence-corrected chi connectivity index (χ4v) is 3.01. The minimum atomic E-state index is -0.941. The molecule has 20 heavy (non-hydrogen) atoms. The molecule has 0 aromatic carbocycles. The van der Waals surface area contributed by atoms with Crippen LogP contribution < -0.4 is 10.6 Å². The molecule has 2 heterocycles. The SMILES string of the molecule is CC(C)(CNC(=O)NC1CCN2CCCCC12)C(=O)O. The third-order valence-corrected chi connectivity index (χ3v) is 4.44. The van der Waals surface area contributed by atoms with E-state index in [1.165, 1.54) is 12.8 Å². The van der Waals surface area contributed by atoms with Crippen LogP contribution in [0.2, 0.25) is 0 Å². The average molecular weight is 283 g/mol. The molecule has 2 atom stereocenters. The number of hydrogen-bond acceptors (Lipinski definition) is 3. The summed E-state index contributed by atoms with van der Waals surface area (Å²) < 4.78 is 0. The molecule has 0 bridgehead atoms. The van der Waals surface area contributed by atoms with Crippen LogP contribution in [0.1, 0.15) is 39.5 Å². The molecule has 2 unspecified atom stereocenters. The number of rotatable bonds is 4. The number of hydrogen-bond donors (Lipinski definition) is 3. The highest BCUT2D eigenvalue weighted by Gasteiger charge is 2.36. The zero-order valence-electron chi connectivity index (χ0n) is 12.3. The summed E-state index contributed by atoms with van der Waals surface area (Å²) in [5.41, 5.74) is -0.941. The highest BCUT2D eigenvalue weighted by molar-refractivity contribution is 5.77. The van der Waals surface area contributed by atoms with Crippen molar-refractivity contribution in [2.24, 2.45) is 5.41 Å². The molecule has 2 aliphatic rings. The first-order valence-corrected chi connectivity index (χ1v) is 7.42. The van der Waals surface area contributed by atoms with E-state index in [-0.39, 0.29) is 18.6 Å². The summed E-state index contributed by atoms with van der Waals surface area (Å²) >= 11 is 0. The number of fused-ring (bicyclic) bond motifs is 1. The Balaban J connectivity index is 1.79. The second-order valence-electron chi connectivity index (χ2n) is 6.51. The molecule has 2 amide bonds. The van der Waals surface area contributed by atoms with E-state index in [2.05, 4.69) is 15.5 Å². The minimum Gasteiger partial charge on any atom is -0.481 e. The van der Waals surface area contributed by atoms with Gasteiger partial charge in [0.05, 0.1) is 5.41 Å². The van der Waals surface area contributed by atoms with Crippen molar-refractivity contribution < 1.29 is 14.7 Å². The molecule has 0 aromatic heterocycles. The molecule has 0 aromatic rings. The predicted octanol–water partition coefficient (Wildman–Crippen LogP) is 1.02. The van der Waals surface area contributed by atoms with Gasteiger partial charge in [-0.05, 0) is 39.7 Å². The lowest BCUT2D eigenvalue weighted by Crippen LogP contribution is -2.51. The number of piperidine rings is 1. The monoisotopic (exact) mass is 283 g/mol. The summed E-state index contributed by atoms with van der Waals surface area (Å²) in [5.74, 6) is -0.905. The number of carbonyl (C=O) groups is 2. The topological polar surface area (TPSA) is 81.7 Å². The third-order valence-electron chi connectivity index (χ3n) is 4.44. The summed E-state index contributed by atoms with van der Waals surface area (Å²) in [4.78, 5) is 25.4. The van der Waals surface area contributed by atoms with Crippen LogP contribution in [-0.4, -0.2) is 53.7 Å². The van der Waals surface area contributed by atoms with Crippen molar-refractivity contribution in [1.82, 2.24) is 15.5 Å². The van der Waals surface area contributed by atoms with Gasteiger partial charge in [-0.3, -0.25) is 9.69 Å². The molecule has 3 N–H and O–H groups in total. The summed E-state index contributed by atoms with van der Waals surface area (Å²) in [5, 5.41) is 14.7. The molecule has 0 radical (unpaired) electrons. The second-order valence-corrected chi connectivity index (χ2v) is 6.51. The lowest BCUT2D eigenvalue weighted by atomic mass is 9.94. The van der Waals surface area contributed by atoms with Crippen LogP contribution in [0.5, 0.6) is 0 Å². The highest BCUT2D eigenvalue weighted by Crippen LogP contribution is 2.27. The molecule has 0 aliphatic carbocycles. The smallest absolute Gasteiger partial charge is 0.315 e. The standard InChI is InChI=1S/C14H25N3O3/c1-14(2,12(18)19)9-15-13(20)16-10-6-8-17-7-4-3-5-11(10)17/h10-11H,3-9H2,1-2H3,(H,18,19)(H2,15,16,20). The van der Waals surface area contributed by atoms with Gasteiger partial charge in [-0.25, -0.2) is 4.79 Å². The minimum absolute atomic E-state index is 0.134. The van der Waals surface area contributed by atoms with E-state index in [9.17, 15) is 9.59 Å². The summed E-state index contributed by atoms with van der Waals surface area (Å²) in [6.45, 7) is 5.53. The first-order valence-electron chi connectivity index (χ1n) is 7.42. The van der Waals surface area contributed by atoms with Gasteiger partial charge in [0.25, 0.3) is 0 Å². The molecule has 2 aliphatic heterocycles. The van der Waals surface area contributed by atoms with Gasteiger partial charge < -0.3 is 15.7 Å². The van der Waals surface area contributed by atoms with Gasteiger partial charge in [-0.1, -0.05) is 6.42 Å². The Morgan fingerprint density at radius 1 is 1.25 bits per heavy atom. The van der Waals surface area contributed by atoms with Gasteiger partial charge in [-0.2, -0.15) is 0 Å². The van der Waals surface area contributed by atoms with E-state index >= 15 is 0 Å². The predicted molar refractivity (Wildman–Crippen MR) is 75.6 cm³/mol. The van der Waals surface area contributed by atoms with E-state index in [1.807, 2.05) is 0 Å². The van der Waals surface area contributed by atoms with Crippen LogP contribution in [0.3, 0.4) is 0 Å². The molecule has 6 nitrogen and oxygen atoms in total.